The molecule has 1 unspecified atom stereocenters. The maximum absolute atomic E-state index is 9.70. The maximum Gasteiger partial charge on any atom is 0.134 e. The summed E-state index contributed by atoms with van der Waals surface area (Å²) < 4.78 is 11.5. The molecule has 0 amide bonds. The van der Waals surface area contributed by atoms with E-state index in [1.165, 1.54) is 0 Å². The van der Waals surface area contributed by atoms with Gasteiger partial charge >= 0.3 is 0 Å². The van der Waals surface area contributed by atoms with Crippen LogP contribution in [0.4, 0.5) is 0 Å². The van der Waals surface area contributed by atoms with Crippen molar-refractivity contribution in [2.75, 3.05) is 0 Å². The van der Waals surface area contributed by atoms with Gasteiger partial charge in [-0.25, -0.2) is 0 Å². The Kier molecular flexibility index (Phi) is 4.04. The number of hydrogen-bond donors (Lipinski definition) is 1. The predicted molar refractivity (Wildman–Crippen MR) is 70.3 cm³/mol. The second-order valence-corrected chi connectivity index (χ2v) is 4.99. The zero-order valence-corrected chi connectivity index (χ0v) is 11.8. The van der Waals surface area contributed by atoms with Crippen molar-refractivity contribution in [1.82, 2.24) is 5.16 Å². The van der Waals surface area contributed by atoms with Crippen LogP contribution in [-0.2, 0) is 6.61 Å². The van der Waals surface area contributed by atoms with Crippen LogP contribution in [0.25, 0.3) is 0 Å². The summed E-state index contributed by atoms with van der Waals surface area (Å²) in [6.07, 6.45) is -0.587. The molecule has 1 atom stereocenters. The van der Waals surface area contributed by atoms with Gasteiger partial charge in [-0.2, -0.15) is 0 Å². The Labute approximate surface area is 114 Å². The number of benzene rings is 1. The number of halogens is 1. The molecule has 0 bridgehead atoms. The van der Waals surface area contributed by atoms with Gasteiger partial charge in [0.05, 0.1) is 6.10 Å². The Balaban J connectivity index is 2.13. The third-order valence-corrected chi connectivity index (χ3v) is 2.97. The fourth-order valence-corrected chi connectivity index (χ4v) is 1.99. The number of aliphatic hydroxyl groups is 1. The lowest BCUT2D eigenvalue weighted by molar-refractivity contribution is 0.189. The molecule has 0 aliphatic heterocycles. The highest BCUT2D eigenvalue weighted by Crippen LogP contribution is 2.29. The monoisotopic (exact) mass is 311 g/mol. The van der Waals surface area contributed by atoms with Gasteiger partial charge in [-0.05, 0) is 32.0 Å². The maximum atomic E-state index is 9.70. The molecule has 96 valence electrons. The minimum Gasteiger partial charge on any atom is -0.487 e. The van der Waals surface area contributed by atoms with Crippen LogP contribution in [-0.4, -0.2) is 10.3 Å². The van der Waals surface area contributed by atoms with Gasteiger partial charge in [-0.15, -0.1) is 0 Å². The number of hydrogen-bond acceptors (Lipinski definition) is 4. The highest BCUT2D eigenvalue weighted by Gasteiger charge is 2.11. The number of rotatable bonds is 4. The lowest BCUT2D eigenvalue weighted by atomic mass is 10.1. The van der Waals surface area contributed by atoms with E-state index in [2.05, 4.69) is 21.1 Å². The molecule has 0 fully saturated rings. The Hall–Kier alpha value is -1.33. The number of aliphatic hydroxyl groups excluding tert-OH is 1. The molecule has 0 aliphatic carbocycles. The Bertz CT molecular complexity index is 537. The molecule has 2 rings (SSSR count). The fraction of sp³-hybridized carbons (Fsp3) is 0.308. The van der Waals surface area contributed by atoms with E-state index in [-0.39, 0.29) is 0 Å². The van der Waals surface area contributed by atoms with E-state index in [9.17, 15) is 5.11 Å². The molecule has 1 aromatic carbocycles. The largest absolute Gasteiger partial charge is 0.487 e. The molecule has 1 heterocycles. The smallest absolute Gasteiger partial charge is 0.134 e. The second-order valence-electron chi connectivity index (χ2n) is 4.08. The van der Waals surface area contributed by atoms with Crippen molar-refractivity contribution < 1.29 is 14.4 Å². The van der Waals surface area contributed by atoms with Crippen LogP contribution in [0.2, 0.25) is 0 Å². The highest BCUT2D eigenvalue weighted by atomic mass is 79.9. The molecule has 5 heteroatoms. The first-order valence-corrected chi connectivity index (χ1v) is 6.38. The first kappa shape index (κ1) is 13.1. The topological polar surface area (TPSA) is 55.5 Å². The Morgan fingerprint density at radius 1 is 1.44 bits per heavy atom. The second kappa shape index (κ2) is 5.54. The molecule has 18 heavy (non-hydrogen) atoms. The standard InChI is InChI=1S/C13H14BrNO3/c1-8-5-11(15-18-8)7-17-13-4-3-10(14)6-12(13)9(2)16/h3-6,9,16H,7H2,1-2H3. The molecule has 0 saturated heterocycles. The van der Waals surface area contributed by atoms with E-state index in [0.717, 1.165) is 21.5 Å². The first-order chi connectivity index (χ1) is 8.56. The SMILES string of the molecule is Cc1cc(COc2ccc(Br)cc2C(C)O)no1. The van der Waals surface area contributed by atoms with E-state index in [1.807, 2.05) is 31.2 Å². The molecular weight excluding hydrogens is 298 g/mol. The van der Waals surface area contributed by atoms with E-state index < -0.39 is 6.10 Å². The van der Waals surface area contributed by atoms with Crippen LogP contribution >= 0.6 is 15.9 Å². The molecule has 0 radical (unpaired) electrons. The van der Waals surface area contributed by atoms with Gasteiger partial charge in [0.1, 0.15) is 23.8 Å². The van der Waals surface area contributed by atoms with Gasteiger partial charge in [-0.1, -0.05) is 21.1 Å². The fourth-order valence-electron chi connectivity index (χ4n) is 1.61. The molecule has 0 aliphatic rings. The van der Waals surface area contributed by atoms with Gasteiger partial charge in [0.15, 0.2) is 0 Å². The third-order valence-electron chi connectivity index (χ3n) is 2.47. The quantitative estimate of drug-likeness (QED) is 0.940. The molecular formula is C13H14BrNO3. The summed E-state index contributed by atoms with van der Waals surface area (Å²) >= 11 is 3.37. The summed E-state index contributed by atoms with van der Waals surface area (Å²) in [5, 5.41) is 13.5. The van der Waals surface area contributed by atoms with Gasteiger partial charge in [-0.3, -0.25) is 0 Å². The highest BCUT2D eigenvalue weighted by molar-refractivity contribution is 9.10. The van der Waals surface area contributed by atoms with Crippen molar-refractivity contribution in [2.45, 2.75) is 26.6 Å². The molecule has 4 nitrogen and oxygen atoms in total. The van der Waals surface area contributed by atoms with E-state index in [0.29, 0.717) is 12.4 Å². The number of aromatic nitrogens is 1. The third kappa shape index (κ3) is 3.11. The lowest BCUT2D eigenvalue weighted by Crippen LogP contribution is -2.01. The first-order valence-electron chi connectivity index (χ1n) is 5.59. The van der Waals surface area contributed by atoms with Crippen molar-refractivity contribution in [3.05, 3.63) is 45.8 Å². The lowest BCUT2D eigenvalue weighted by Gasteiger charge is -2.13. The van der Waals surface area contributed by atoms with Crippen LogP contribution < -0.4 is 4.74 Å². The summed E-state index contributed by atoms with van der Waals surface area (Å²) in [7, 11) is 0. The number of nitrogens with zero attached hydrogens (tertiary/aromatic N) is 1. The van der Waals surface area contributed by atoms with E-state index in [4.69, 9.17) is 9.26 Å². The van der Waals surface area contributed by atoms with Crippen LogP contribution in [0.15, 0.2) is 33.3 Å². The average Bonchev–Trinajstić information content (AvgIpc) is 2.73. The molecule has 0 spiro atoms. The number of ether oxygens (including phenoxy) is 1. The van der Waals surface area contributed by atoms with Crippen LogP contribution in [0, 0.1) is 6.92 Å². The van der Waals surface area contributed by atoms with Gasteiger partial charge < -0.3 is 14.4 Å². The van der Waals surface area contributed by atoms with Gasteiger partial charge in [0, 0.05) is 16.1 Å². The minimum atomic E-state index is -0.587. The van der Waals surface area contributed by atoms with E-state index >= 15 is 0 Å². The zero-order chi connectivity index (χ0) is 13.1. The predicted octanol–water partition coefficient (Wildman–Crippen LogP) is 3.38. The summed E-state index contributed by atoms with van der Waals surface area (Å²) in [5.41, 5.74) is 1.47. The zero-order valence-electron chi connectivity index (χ0n) is 10.2. The van der Waals surface area contributed by atoms with Gasteiger partial charge in [0.2, 0.25) is 0 Å². The van der Waals surface area contributed by atoms with Crippen LogP contribution in [0.3, 0.4) is 0 Å². The molecule has 1 aromatic heterocycles. The average molecular weight is 312 g/mol. The van der Waals surface area contributed by atoms with Crippen LogP contribution in [0.5, 0.6) is 5.75 Å². The van der Waals surface area contributed by atoms with Crippen molar-refractivity contribution in [3.63, 3.8) is 0 Å². The van der Waals surface area contributed by atoms with Crippen molar-refractivity contribution in [1.29, 1.82) is 0 Å². The minimum absolute atomic E-state index is 0.318. The summed E-state index contributed by atoms with van der Waals surface area (Å²) in [5.74, 6) is 1.40. The Morgan fingerprint density at radius 3 is 2.83 bits per heavy atom. The normalized spacial score (nSPS) is 12.4. The number of aryl methyl sites for hydroxylation is 1. The van der Waals surface area contributed by atoms with Crippen molar-refractivity contribution in [2.24, 2.45) is 0 Å². The summed E-state index contributed by atoms with van der Waals surface area (Å²) in [6.45, 7) is 3.85. The van der Waals surface area contributed by atoms with Crippen molar-refractivity contribution >= 4 is 15.9 Å². The molecule has 0 saturated carbocycles. The molecule has 1 N–H and O–H groups in total. The van der Waals surface area contributed by atoms with E-state index in [1.54, 1.807) is 6.92 Å². The Morgan fingerprint density at radius 2 is 2.22 bits per heavy atom. The molecule has 2 aromatic rings. The summed E-state index contributed by atoms with van der Waals surface area (Å²) in [6, 6.07) is 7.35. The van der Waals surface area contributed by atoms with Gasteiger partial charge in [0.25, 0.3) is 0 Å². The van der Waals surface area contributed by atoms with Crippen LogP contribution in [0.1, 0.15) is 30.0 Å². The van der Waals surface area contributed by atoms with Crippen molar-refractivity contribution in [3.8, 4) is 5.75 Å². The summed E-state index contributed by atoms with van der Waals surface area (Å²) in [4.78, 5) is 0.